The number of carbonyl (C=O) groups excluding carboxylic acids is 2. The van der Waals surface area contributed by atoms with Gasteiger partial charge in [-0.3, -0.25) is 9.59 Å². The molecule has 4 heteroatoms. The van der Waals surface area contributed by atoms with E-state index in [1.807, 2.05) is 13.8 Å². The van der Waals surface area contributed by atoms with Gasteiger partial charge in [0.15, 0.2) is 0 Å². The number of allylic oxidation sites excluding steroid dienone is 4. The Hall–Kier alpha value is -1.84. The summed E-state index contributed by atoms with van der Waals surface area (Å²) in [5.41, 5.74) is 1.81. The van der Waals surface area contributed by atoms with E-state index in [1.165, 1.54) is 19.8 Å². The number of hydrogen-bond donors (Lipinski definition) is 0. The van der Waals surface area contributed by atoms with Gasteiger partial charge >= 0.3 is 0 Å². The molecule has 0 radical (unpaired) electrons. The quantitative estimate of drug-likeness (QED) is 0.523. The van der Waals surface area contributed by atoms with Crippen molar-refractivity contribution in [2.24, 2.45) is 5.41 Å². The molecule has 0 N–H and O–H groups in total. The summed E-state index contributed by atoms with van der Waals surface area (Å²) in [6, 6.07) is 0. The number of carbonyl (C=O) groups is 2. The van der Waals surface area contributed by atoms with E-state index in [2.05, 4.69) is 19.9 Å². The molecule has 1 aliphatic carbocycles. The summed E-state index contributed by atoms with van der Waals surface area (Å²) in [5.74, 6) is -0.540. The minimum Gasteiger partial charge on any atom is -0.489 e. The number of Topliss-reactive ketones (excluding diaryl/α,β-unsaturated/α-hetero) is 2. The number of methoxy groups -OCH3 is 2. The second-order valence-corrected chi connectivity index (χ2v) is 6.61. The zero-order valence-corrected chi connectivity index (χ0v) is 15.3. The second-order valence-electron chi connectivity index (χ2n) is 6.61. The topological polar surface area (TPSA) is 52.6 Å². The third-order valence-electron chi connectivity index (χ3n) is 4.25. The molecule has 0 aliphatic heterocycles. The van der Waals surface area contributed by atoms with E-state index < -0.39 is 5.41 Å². The van der Waals surface area contributed by atoms with Crippen molar-refractivity contribution < 1.29 is 19.1 Å². The van der Waals surface area contributed by atoms with E-state index in [0.717, 1.165) is 12.8 Å². The van der Waals surface area contributed by atoms with Crippen molar-refractivity contribution in [3.63, 3.8) is 0 Å². The van der Waals surface area contributed by atoms with E-state index in [4.69, 9.17) is 9.47 Å². The van der Waals surface area contributed by atoms with Gasteiger partial charge in [0.1, 0.15) is 0 Å². The van der Waals surface area contributed by atoms with E-state index >= 15 is 0 Å². The lowest BCUT2D eigenvalue weighted by molar-refractivity contribution is -0.121. The fourth-order valence-corrected chi connectivity index (χ4v) is 2.99. The first-order valence-corrected chi connectivity index (χ1v) is 7.99. The predicted molar refractivity (Wildman–Crippen MR) is 90.8 cm³/mol. The lowest BCUT2D eigenvalue weighted by Crippen LogP contribution is -2.32. The third kappa shape index (κ3) is 3.92. The Kier molecular flexibility index (Phi) is 6.37. The number of ether oxygens (including phenoxy) is 2. The highest BCUT2D eigenvalue weighted by Gasteiger charge is 2.40. The van der Waals surface area contributed by atoms with Gasteiger partial charge in [0, 0.05) is 11.1 Å². The molecule has 0 spiro atoms. The van der Waals surface area contributed by atoms with Gasteiger partial charge < -0.3 is 9.47 Å². The van der Waals surface area contributed by atoms with Crippen LogP contribution in [0.1, 0.15) is 53.9 Å². The molecule has 0 aromatic carbocycles. The zero-order chi connectivity index (χ0) is 17.8. The highest BCUT2D eigenvalue weighted by Crippen LogP contribution is 2.39. The fraction of sp³-hybridized carbons (Fsp3) is 0.579. The first-order valence-electron chi connectivity index (χ1n) is 7.99. The van der Waals surface area contributed by atoms with Crippen LogP contribution in [0.4, 0.5) is 0 Å². The first kappa shape index (κ1) is 19.2. The Balaban J connectivity index is 3.25. The van der Waals surface area contributed by atoms with Gasteiger partial charge in [-0.15, -0.1) is 0 Å². The van der Waals surface area contributed by atoms with Gasteiger partial charge in [0.2, 0.25) is 23.1 Å². The van der Waals surface area contributed by atoms with Gasteiger partial charge in [-0.05, 0) is 32.1 Å². The molecule has 0 saturated carbocycles. The monoisotopic (exact) mass is 320 g/mol. The van der Waals surface area contributed by atoms with Crippen LogP contribution in [0.25, 0.3) is 0 Å². The Morgan fingerprint density at radius 3 is 2.09 bits per heavy atom. The maximum atomic E-state index is 12.8. The van der Waals surface area contributed by atoms with Gasteiger partial charge in [0.05, 0.1) is 14.2 Å². The third-order valence-corrected chi connectivity index (χ3v) is 4.25. The normalized spacial score (nSPS) is 17.1. The molecule has 1 aliphatic rings. The molecule has 23 heavy (non-hydrogen) atoms. The molecule has 0 amide bonds. The molecular weight excluding hydrogens is 292 g/mol. The fourth-order valence-electron chi connectivity index (χ4n) is 2.99. The van der Waals surface area contributed by atoms with Crippen LogP contribution >= 0.6 is 0 Å². The molecule has 1 rings (SSSR count). The summed E-state index contributed by atoms with van der Waals surface area (Å²) in [6.45, 7) is 9.89. The average molecular weight is 320 g/mol. The van der Waals surface area contributed by atoms with E-state index in [0.29, 0.717) is 17.6 Å². The van der Waals surface area contributed by atoms with Crippen molar-refractivity contribution in [3.05, 3.63) is 34.3 Å². The van der Waals surface area contributed by atoms with Gasteiger partial charge in [-0.25, -0.2) is 0 Å². The minimum absolute atomic E-state index is 0.000403. The number of ketones is 2. The standard InChI is InChI=1S/C19H28O4/c1-8-9-12(2)10-11-19(4,5)14-13(3)15(20)17(22-6)18(23-7)16(14)21/h10H,8-9,11H2,1-7H3/b12-10+. The summed E-state index contributed by atoms with van der Waals surface area (Å²) < 4.78 is 10.2. The van der Waals surface area contributed by atoms with Crippen molar-refractivity contribution in [3.8, 4) is 0 Å². The van der Waals surface area contributed by atoms with E-state index in [1.54, 1.807) is 6.92 Å². The van der Waals surface area contributed by atoms with Crippen molar-refractivity contribution in [2.45, 2.75) is 53.9 Å². The van der Waals surface area contributed by atoms with Gasteiger partial charge in [-0.1, -0.05) is 38.8 Å². The Morgan fingerprint density at radius 1 is 1.09 bits per heavy atom. The van der Waals surface area contributed by atoms with Crippen LogP contribution in [0, 0.1) is 5.41 Å². The summed E-state index contributed by atoms with van der Waals surface area (Å²) in [6.07, 6.45) is 4.99. The van der Waals surface area contributed by atoms with E-state index in [-0.39, 0.29) is 23.1 Å². The van der Waals surface area contributed by atoms with Crippen molar-refractivity contribution in [1.29, 1.82) is 0 Å². The smallest absolute Gasteiger partial charge is 0.228 e. The van der Waals surface area contributed by atoms with Gasteiger partial charge in [-0.2, -0.15) is 0 Å². The van der Waals surface area contributed by atoms with Crippen LogP contribution in [0.2, 0.25) is 0 Å². The van der Waals surface area contributed by atoms with Crippen molar-refractivity contribution in [1.82, 2.24) is 0 Å². The summed E-state index contributed by atoms with van der Waals surface area (Å²) in [7, 11) is 2.76. The summed E-state index contributed by atoms with van der Waals surface area (Å²) in [4.78, 5) is 25.3. The van der Waals surface area contributed by atoms with Crippen LogP contribution in [0.5, 0.6) is 0 Å². The van der Waals surface area contributed by atoms with E-state index in [9.17, 15) is 9.59 Å². The Labute approximate surface area is 139 Å². The SMILES string of the molecule is CCC/C(C)=C/CC(C)(C)C1=C(C)C(=O)C(OC)=C(OC)C1=O. The average Bonchev–Trinajstić information content (AvgIpc) is 2.49. The number of hydrogen-bond acceptors (Lipinski definition) is 4. The molecule has 0 atom stereocenters. The van der Waals surface area contributed by atoms with Crippen molar-refractivity contribution in [2.75, 3.05) is 14.2 Å². The van der Waals surface area contributed by atoms with Gasteiger partial charge in [0.25, 0.3) is 0 Å². The lowest BCUT2D eigenvalue weighted by Gasteiger charge is -2.31. The van der Waals surface area contributed by atoms with Crippen LogP contribution in [-0.4, -0.2) is 25.8 Å². The molecule has 0 aromatic rings. The maximum absolute atomic E-state index is 12.8. The molecule has 0 heterocycles. The van der Waals surface area contributed by atoms with Crippen LogP contribution < -0.4 is 0 Å². The van der Waals surface area contributed by atoms with Crippen LogP contribution in [0.15, 0.2) is 34.3 Å². The molecule has 128 valence electrons. The molecule has 0 fully saturated rings. The zero-order valence-electron chi connectivity index (χ0n) is 15.3. The predicted octanol–water partition coefficient (Wildman–Crippen LogP) is 4.12. The highest BCUT2D eigenvalue weighted by molar-refractivity contribution is 6.23. The van der Waals surface area contributed by atoms with Crippen molar-refractivity contribution >= 4 is 11.6 Å². The maximum Gasteiger partial charge on any atom is 0.228 e. The van der Waals surface area contributed by atoms with Crippen LogP contribution in [-0.2, 0) is 19.1 Å². The molecule has 0 saturated heterocycles. The minimum atomic E-state index is -0.450. The molecular formula is C19H28O4. The summed E-state index contributed by atoms with van der Waals surface area (Å²) >= 11 is 0. The largest absolute Gasteiger partial charge is 0.489 e. The molecule has 0 aromatic heterocycles. The van der Waals surface area contributed by atoms with Crippen LogP contribution in [0.3, 0.4) is 0 Å². The Morgan fingerprint density at radius 2 is 1.61 bits per heavy atom. The molecule has 4 nitrogen and oxygen atoms in total. The Bertz CT molecular complexity index is 588. The number of rotatable bonds is 7. The lowest BCUT2D eigenvalue weighted by atomic mass is 9.73. The molecule has 0 bridgehead atoms. The summed E-state index contributed by atoms with van der Waals surface area (Å²) in [5, 5.41) is 0. The highest BCUT2D eigenvalue weighted by atomic mass is 16.5. The molecule has 0 unspecified atom stereocenters. The second kappa shape index (κ2) is 7.62. The first-order chi connectivity index (χ1) is 10.7.